The van der Waals surface area contributed by atoms with Crippen LogP contribution < -0.4 is 9.80 Å². The van der Waals surface area contributed by atoms with Gasteiger partial charge in [0.05, 0.1) is 36.7 Å². The molecule has 2 aliphatic heterocycles. The van der Waals surface area contributed by atoms with Crippen molar-refractivity contribution in [2.45, 2.75) is 0 Å². The Morgan fingerprint density at radius 3 is 1.10 bits per heavy atom. The van der Waals surface area contributed by atoms with Crippen molar-refractivity contribution in [3.8, 4) is 0 Å². The third-order valence-corrected chi connectivity index (χ3v) is 7.00. The summed E-state index contributed by atoms with van der Waals surface area (Å²) in [7, 11) is 2.38. The number of rotatable bonds is 4. The summed E-state index contributed by atoms with van der Waals surface area (Å²) in [5, 5.41) is 0.332. The van der Waals surface area contributed by atoms with E-state index in [1.807, 2.05) is 0 Å². The van der Waals surface area contributed by atoms with Gasteiger partial charge in [-0.1, -0.05) is 24.3 Å². The maximum Gasteiger partial charge on any atom is 0.339 e. The topological polar surface area (TPSA) is 127 Å². The third-order valence-electron chi connectivity index (χ3n) is 7.00. The van der Waals surface area contributed by atoms with Crippen molar-refractivity contribution in [1.82, 2.24) is 0 Å². The fourth-order valence-corrected chi connectivity index (χ4v) is 5.21. The molecule has 4 aromatic rings. The highest BCUT2D eigenvalue weighted by atomic mass is 16.5. The van der Waals surface area contributed by atoms with E-state index in [-0.39, 0.29) is 55.5 Å². The lowest BCUT2D eigenvalue weighted by molar-refractivity contribution is 0.0592. The molecule has 0 aromatic heterocycles. The molecule has 2 heterocycles. The maximum absolute atomic E-state index is 13.7. The van der Waals surface area contributed by atoms with E-state index in [9.17, 15) is 28.8 Å². The number of ether oxygens (including phenoxy) is 2. The van der Waals surface area contributed by atoms with Gasteiger partial charge >= 0.3 is 11.9 Å². The van der Waals surface area contributed by atoms with Gasteiger partial charge in [-0.25, -0.2) is 19.4 Å². The molecular formula is C30H18N2O8. The van der Waals surface area contributed by atoms with Crippen LogP contribution in [0.5, 0.6) is 0 Å². The van der Waals surface area contributed by atoms with E-state index in [1.54, 1.807) is 24.3 Å². The van der Waals surface area contributed by atoms with Gasteiger partial charge in [0.2, 0.25) is 0 Å². The number of hydrogen-bond acceptors (Lipinski definition) is 8. The summed E-state index contributed by atoms with van der Waals surface area (Å²) in [6, 6.07) is 17.7. The van der Waals surface area contributed by atoms with Crippen molar-refractivity contribution in [2.75, 3.05) is 24.0 Å². The van der Waals surface area contributed by atoms with Crippen LogP contribution in [0.1, 0.15) is 62.1 Å². The van der Waals surface area contributed by atoms with Crippen LogP contribution in [-0.4, -0.2) is 49.8 Å². The Hall–Kier alpha value is -5.64. The summed E-state index contributed by atoms with van der Waals surface area (Å²) in [5.41, 5.74) is 0.454. The van der Waals surface area contributed by atoms with Crippen LogP contribution >= 0.6 is 0 Å². The molecular weight excluding hydrogens is 516 g/mol. The van der Waals surface area contributed by atoms with E-state index in [0.29, 0.717) is 0 Å². The molecule has 0 saturated carbocycles. The SMILES string of the molecule is COC(=O)c1ccccc1N1C(=O)c2ccc3c4c(ccc(c24)C1=O)C(=O)N(c1ccccc1C(=O)OC)C3=O. The van der Waals surface area contributed by atoms with Crippen molar-refractivity contribution in [1.29, 1.82) is 0 Å². The highest BCUT2D eigenvalue weighted by Gasteiger charge is 2.42. The number of hydrogen-bond donors (Lipinski definition) is 0. The van der Waals surface area contributed by atoms with E-state index < -0.39 is 35.6 Å². The van der Waals surface area contributed by atoms with Crippen LogP contribution in [0.4, 0.5) is 11.4 Å². The summed E-state index contributed by atoms with van der Waals surface area (Å²) in [6.45, 7) is 0. The zero-order chi connectivity index (χ0) is 28.3. The average molecular weight is 534 g/mol. The second-order valence-corrected chi connectivity index (χ2v) is 8.98. The Morgan fingerprint density at radius 2 is 0.800 bits per heavy atom. The fraction of sp³-hybridized carbons (Fsp3) is 0.0667. The lowest BCUT2D eigenvalue weighted by atomic mass is 9.85. The minimum Gasteiger partial charge on any atom is -0.465 e. The third kappa shape index (κ3) is 3.29. The Morgan fingerprint density at radius 1 is 0.500 bits per heavy atom. The number of amides is 4. The maximum atomic E-state index is 13.7. The summed E-state index contributed by atoms with van der Waals surface area (Å²) < 4.78 is 9.65. The predicted octanol–water partition coefficient (Wildman–Crippen LogP) is 4.01. The first kappa shape index (κ1) is 24.7. The van der Waals surface area contributed by atoms with Crippen LogP contribution in [0, 0.1) is 0 Å². The number of esters is 2. The molecule has 4 amide bonds. The number of carbonyl (C=O) groups is 6. The highest BCUT2D eigenvalue weighted by molar-refractivity contribution is 6.42. The number of methoxy groups -OCH3 is 2. The first-order valence-electron chi connectivity index (χ1n) is 12.0. The molecule has 0 N–H and O–H groups in total. The van der Waals surface area contributed by atoms with E-state index in [4.69, 9.17) is 9.47 Å². The molecule has 10 nitrogen and oxygen atoms in total. The fourth-order valence-electron chi connectivity index (χ4n) is 5.21. The number of benzene rings is 4. The number of nitrogens with zero attached hydrogens (tertiary/aromatic N) is 2. The number of imide groups is 2. The predicted molar refractivity (Wildman–Crippen MR) is 142 cm³/mol. The molecule has 0 spiro atoms. The van der Waals surface area contributed by atoms with Crippen LogP contribution in [0.2, 0.25) is 0 Å². The smallest absolute Gasteiger partial charge is 0.339 e. The second-order valence-electron chi connectivity index (χ2n) is 8.98. The summed E-state index contributed by atoms with van der Waals surface area (Å²) >= 11 is 0. The standard InChI is InChI=1S/C30H18N2O8/c1-39-29(37)15-7-3-5-9-21(15)31-25(33)17-11-13-19-24-20(14-12-18(23(17)24)26(31)34)28(36)32(27(19)35)22-10-6-4-8-16(22)30(38)40-2/h3-14H,1-2H3. The van der Waals surface area contributed by atoms with E-state index in [2.05, 4.69) is 0 Å². The highest BCUT2D eigenvalue weighted by Crippen LogP contribution is 2.41. The zero-order valence-corrected chi connectivity index (χ0v) is 21.1. The molecule has 4 aromatic carbocycles. The van der Waals surface area contributed by atoms with Crippen LogP contribution in [0.25, 0.3) is 10.8 Å². The molecule has 0 radical (unpaired) electrons. The molecule has 0 unspecified atom stereocenters. The van der Waals surface area contributed by atoms with E-state index >= 15 is 0 Å². The quantitative estimate of drug-likeness (QED) is 0.284. The van der Waals surface area contributed by atoms with Crippen molar-refractivity contribution >= 4 is 57.7 Å². The van der Waals surface area contributed by atoms with E-state index in [0.717, 1.165) is 9.80 Å². The molecule has 0 aliphatic carbocycles. The normalized spacial score (nSPS) is 14.1. The Bertz CT molecular complexity index is 1650. The molecule has 10 heteroatoms. The van der Waals surface area contributed by atoms with Crippen molar-refractivity contribution in [3.05, 3.63) is 106 Å². The van der Waals surface area contributed by atoms with Crippen molar-refractivity contribution in [3.63, 3.8) is 0 Å². The number of carbonyl (C=O) groups excluding carboxylic acids is 6. The monoisotopic (exact) mass is 534 g/mol. The molecule has 0 atom stereocenters. The molecule has 0 fully saturated rings. The lowest BCUT2D eigenvalue weighted by Gasteiger charge is -2.32. The average Bonchev–Trinajstić information content (AvgIpc) is 2.98. The van der Waals surface area contributed by atoms with E-state index in [1.165, 1.54) is 62.8 Å². The minimum absolute atomic E-state index is 0.0195. The van der Waals surface area contributed by atoms with Gasteiger partial charge < -0.3 is 9.47 Å². The van der Waals surface area contributed by atoms with Crippen molar-refractivity contribution in [2.24, 2.45) is 0 Å². The summed E-state index contributed by atoms with van der Waals surface area (Å²) in [6.07, 6.45) is 0. The van der Waals surface area contributed by atoms with Gasteiger partial charge in [-0.2, -0.15) is 0 Å². The van der Waals surface area contributed by atoms with Gasteiger partial charge in [0.15, 0.2) is 0 Å². The van der Waals surface area contributed by atoms with Crippen LogP contribution in [0.15, 0.2) is 72.8 Å². The number of para-hydroxylation sites is 2. The number of anilines is 2. The molecule has 0 saturated heterocycles. The molecule has 40 heavy (non-hydrogen) atoms. The summed E-state index contributed by atoms with van der Waals surface area (Å²) in [5.74, 6) is -4.36. The lowest BCUT2D eigenvalue weighted by Crippen LogP contribution is -2.44. The molecule has 0 bridgehead atoms. The molecule has 196 valence electrons. The Kier molecular flexibility index (Phi) is 5.54. The minimum atomic E-state index is -0.726. The Balaban J connectivity index is 1.54. The van der Waals surface area contributed by atoms with Gasteiger partial charge in [0.1, 0.15) is 0 Å². The first-order chi connectivity index (χ1) is 19.3. The second kappa shape index (κ2) is 8.98. The Labute approximate surface area is 226 Å². The molecule has 2 aliphatic rings. The largest absolute Gasteiger partial charge is 0.465 e. The van der Waals surface area contributed by atoms with Crippen molar-refractivity contribution < 1.29 is 38.2 Å². The van der Waals surface area contributed by atoms with Gasteiger partial charge in [0.25, 0.3) is 23.6 Å². The zero-order valence-electron chi connectivity index (χ0n) is 21.1. The first-order valence-corrected chi connectivity index (χ1v) is 12.0. The van der Waals surface area contributed by atoms with Gasteiger partial charge in [-0.3, -0.25) is 19.2 Å². The van der Waals surface area contributed by atoms with Gasteiger partial charge in [-0.15, -0.1) is 0 Å². The summed E-state index contributed by atoms with van der Waals surface area (Å²) in [4.78, 5) is 81.5. The van der Waals surface area contributed by atoms with Crippen LogP contribution in [-0.2, 0) is 9.47 Å². The van der Waals surface area contributed by atoms with Crippen LogP contribution in [0.3, 0.4) is 0 Å². The van der Waals surface area contributed by atoms with Gasteiger partial charge in [0, 0.05) is 33.0 Å². The molecule has 6 rings (SSSR count). The van der Waals surface area contributed by atoms with Gasteiger partial charge in [-0.05, 0) is 48.5 Å².